The standard InChI is InChI=1S/C19H22N2O5/c1-11-17(13(3)22)12(2)20-18(11)19(25)21-14-6-8-15(9-7-14)26-10-4-5-16(23)24/h6-9,20H,4-5,10H2,1-3H3,(H,21,25)(H,23,24). The zero-order valence-electron chi connectivity index (χ0n) is 15.0. The summed E-state index contributed by atoms with van der Waals surface area (Å²) in [5, 5.41) is 11.3. The molecule has 138 valence electrons. The highest BCUT2D eigenvalue weighted by Crippen LogP contribution is 2.21. The molecular weight excluding hydrogens is 336 g/mol. The van der Waals surface area contributed by atoms with Crippen molar-refractivity contribution in [3.63, 3.8) is 0 Å². The fourth-order valence-corrected chi connectivity index (χ4v) is 2.75. The fraction of sp³-hybridized carbons (Fsp3) is 0.316. The van der Waals surface area contributed by atoms with E-state index in [2.05, 4.69) is 10.3 Å². The van der Waals surface area contributed by atoms with Crippen molar-refractivity contribution >= 4 is 23.3 Å². The molecule has 0 aliphatic carbocycles. The predicted molar refractivity (Wildman–Crippen MR) is 97.0 cm³/mol. The van der Waals surface area contributed by atoms with Gasteiger partial charge in [0.25, 0.3) is 5.91 Å². The summed E-state index contributed by atoms with van der Waals surface area (Å²) in [6, 6.07) is 6.79. The summed E-state index contributed by atoms with van der Waals surface area (Å²) in [5.41, 5.74) is 2.79. The molecule has 26 heavy (non-hydrogen) atoms. The van der Waals surface area contributed by atoms with E-state index in [0.29, 0.717) is 47.0 Å². The van der Waals surface area contributed by atoms with Crippen LogP contribution in [0.1, 0.15) is 51.9 Å². The third kappa shape index (κ3) is 4.72. The van der Waals surface area contributed by atoms with Crippen molar-refractivity contribution in [1.29, 1.82) is 0 Å². The van der Waals surface area contributed by atoms with Gasteiger partial charge < -0.3 is 20.1 Å². The number of hydrogen-bond acceptors (Lipinski definition) is 4. The van der Waals surface area contributed by atoms with Crippen LogP contribution in [0.4, 0.5) is 5.69 Å². The molecule has 1 aromatic carbocycles. The van der Waals surface area contributed by atoms with E-state index in [9.17, 15) is 14.4 Å². The molecule has 0 atom stereocenters. The molecule has 1 heterocycles. The Labute approximate surface area is 151 Å². The second kappa shape index (κ2) is 8.33. The number of amides is 1. The van der Waals surface area contributed by atoms with E-state index in [1.165, 1.54) is 6.92 Å². The van der Waals surface area contributed by atoms with Crippen molar-refractivity contribution in [1.82, 2.24) is 4.98 Å². The number of aryl methyl sites for hydroxylation is 1. The van der Waals surface area contributed by atoms with Crippen molar-refractivity contribution in [3.05, 3.63) is 46.8 Å². The number of nitrogens with one attached hydrogen (secondary N) is 2. The average Bonchev–Trinajstić information content (AvgIpc) is 2.87. The van der Waals surface area contributed by atoms with Crippen molar-refractivity contribution in [2.24, 2.45) is 0 Å². The van der Waals surface area contributed by atoms with E-state index in [0.717, 1.165) is 0 Å². The van der Waals surface area contributed by atoms with Crippen LogP contribution in [0.5, 0.6) is 5.75 Å². The third-order valence-corrected chi connectivity index (χ3v) is 3.93. The lowest BCUT2D eigenvalue weighted by Crippen LogP contribution is -2.13. The largest absolute Gasteiger partial charge is 0.494 e. The van der Waals surface area contributed by atoms with Crippen molar-refractivity contribution in [2.75, 3.05) is 11.9 Å². The zero-order valence-corrected chi connectivity index (χ0v) is 15.0. The van der Waals surface area contributed by atoms with Crippen molar-refractivity contribution in [3.8, 4) is 5.75 Å². The monoisotopic (exact) mass is 358 g/mol. The van der Waals surface area contributed by atoms with Gasteiger partial charge in [-0.3, -0.25) is 14.4 Å². The number of carbonyl (C=O) groups is 3. The number of carboxylic acid groups (broad SMARTS) is 1. The second-order valence-corrected chi connectivity index (χ2v) is 6.01. The van der Waals surface area contributed by atoms with Crippen molar-refractivity contribution < 1.29 is 24.2 Å². The summed E-state index contributed by atoms with van der Waals surface area (Å²) in [4.78, 5) is 37.5. The van der Waals surface area contributed by atoms with Gasteiger partial charge in [-0.1, -0.05) is 0 Å². The summed E-state index contributed by atoms with van der Waals surface area (Å²) in [6.07, 6.45) is 0.489. The van der Waals surface area contributed by atoms with Gasteiger partial charge in [0.2, 0.25) is 0 Å². The molecule has 0 bridgehead atoms. The normalized spacial score (nSPS) is 10.4. The van der Waals surface area contributed by atoms with Gasteiger partial charge in [-0.25, -0.2) is 0 Å². The molecule has 0 saturated heterocycles. The van der Waals surface area contributed by atoms with E-state index in [-0.39, 0.29) is 18.1 Å². The van der Waals surface area contributed by atoms with Crippen LogP contribution in [-0.2, 0) is 4.79 Å². The Morgan fingerprint density at radius 3 is 2.35 bits per heavy atom. The lowest BCUT2D eigenvalue weighted by molar-refractivity contribution is -0.137. The number of ketones is 1. The third-order valence-electron chi connectivity index (χ3n) is 3.93. The van der Waals surface area contributed by atoms with E-state index < -0.39 is 5.97 Å². The first-order chi connectivity index (χ1) is 12.3. The lowest BCUT2D eigenvalue weighted by atomic mass is 10.1. The summed E-state index contributed by atoms with van der Waals surface area (Å²) in [5.74, 6) is -0.665. The van der Waals surface area contributed by atoms with Gasteiger partial charge in [0.05, 0.1) is 6.61 Å². The zero-order chi connectivity index (χ0) is 19.3. The quantitative estimate of drug-likeness (QED) is 0.495. The number of hydrogen-bond donors (Lipinski definition) is 3. The molecule has 3 N–H and O–H groups in total. The Morgan fingerprint density at radius 2 is 1.81 bits per heavy atom. The number of anilines is 1. The van der Waals surface area contributed by atoms with Gasteiger partial charge in [0.1, 0.15) is 11.4 Å². The highest BCUT2D eigenvalue weighted by Gasteiger charge is 2.19. The molecule has 0 spiro atoms. The average molecular weight is 358 g/mol. The molecule has 7 heteroatoms. The number of rotatable bonds is 8. The van der Waals surface area contributed by atoms with Gasteiger partial charge in [-0.2, -0.15) is 0 Å². The maximum absolute atomic E-state index is 12.4. The molecule has 1 aromatic heterocycles. The Kier molecular flexibility index (Phi) is 6.16. The minimum absolute atomic E-state index is 0.0608. The van der Waals surface area contributed by atoms with E-state index in [4.69, 9.17) is 9.84 Å². The van der Waals surface area contributed by atoms with Crippen LogP contribution in [0.3, 0.4) is 0 Å². The first-order valence-electron chi connectivity index (χ1n) is 8.25. The summed E-state index contributed by atoms with van der Waals surface area (Å²) < 4.78 is 5.45. The molecule has 0 aliphatic heterocycles. The molecule has 0 unspecified atom stereocenters. The summed E-state index contributed by atoms with van der Waals surface area (Å²) >= 11 is 0. The number of benzene rings is 1. The van der Waals surface area contributed by atoms with Gasteiger partial charge in [-0.05, 0) is 57.0 Å². The van der Waals surface area contributed by atoms with Gasteiger partial charge in [-0.15, -0.1) is 0 Å². The Bertz CT molecular complexity index is 821. The molecule has 0 fully saturated rings. The molecule has 0 aliphatic rings. The summed E-state index contributed by atoms with van der Waals surface area (Å²) in [6.45, 7) is 5.28. The molecule has 2 aromatic rings. The second-order valence-electron chi connectivity index (χ2n) is 6.01. The van der Waals surface area contributed by atoms with Gasteiger partial charge in [0.15, 0.2) is 5.78 Å². The van der Waals surface area contributed by atoms with Crippen LogP contribution >= 0.6 is 0 Å². The van der Waals surface area contributed by atoms with Crippen molar-refractivity contribution in [2.45, 2.75) is 33.6 Å². The van der Waals surface area contributed by atoms with E-state index in [1.807, 2.05) is 0 Å². The predicted octanol–water partition coefficient (Wildman–Crippen LogP) is 3.33. The SMILES string of the molecule is CC(=O)c1c(C)[nH]c(C(=O)Nc2ccc(OCCCC(=O)O)cc2)c1C. The molecule has 1 amide bonds. The molecule has 0 radical (unpaired) electrons. The number of aromatic nitrogens is 1. The Morgan fingerprint density at radius 1 is 1.15 bits per heavy atom. The number of aliphatic carboxylic acids is 1. The molecular formula is C19H22N2O5. The van der Waals surface area contributed by atoms with Gasteiger partial charge in [0, 0.05) is 23.4 Å². The van der Waals surface area contributed by atoms with Gasteiger partial charge >= 0.3 is 5.97 Å². The van der Waals surface area contributed by atoms with E-state index >= 15 is 0 Å². The number of carboxylic acids is 1. The van der Waals surface area contributed by atoms with Crippen LogP contribution in [0, 0.1) is 13.8 Å². The highest BCUT2D eigenvalue weighted by atomic mass is 16.5. The van der Waals surface area contributed by atoms with Crippen LogP contribution in [0.2, 0.25) is 0 Å². The maximum atomic E-state index is 12.4. The van der Waals surface area contributed by atoms with Crippen LogP contribution in [0.25, 0.3) is 0 Å². The first kappa shape index (κ1) is 19.2. The highest BCUT2D eigenvalue weighted by molar-refractivity contribution is 6.07. The molecule has 7 nitrogen and oxygen atoms in total. The maximum Gasteiger partial charge on any atom is 0.303 e. The topological polar surface area (TPSA) is 108 Å². The number of H-pyrrole nitrogens is 1. The smallest absolute Gasteiger partial charge is 0.303 e. The number of Topliss-reactive ketones (excluding diaryl/α,β-unsaturated/α-hetero) is 1. The Balaban J connectivity index is 1.98. The minimum Gasteiger partial charge on any atom is -0.494 e. The number of ether oxygens (including phenoxy) is 1. The van der Waals surface area contributed by atoms with Crippen LogP contribution < -0.4 is 10.1 Å². The fourth-order valence-electron chi connectivity index (χ4n) is 2.75. The van der Waals surface area contributed by atoms with E-state index in [1.54, 1.807) is 38.1 Å². The Hall–Kier alpha value is -3.09. The molecule has 0 saturated carbocycles. The van der Waals surface area contributed by atoms with Crippen LogP contribution in [-0.4, -0.2) is 34.4 Å². The number of aromatic amines is 1. The molecule has 2 rings (SSSR count). The first-order valence-corrected chi connectivity index (χ1v) is 8.25. The minimum atomic E-state index is -0.852. The lowest BCUT2D eigenvalue weighted by Gasteiger charge is -2.08. The van der Waals surface area contributed by atoms with Crippen LogP contribution in [0.15, 0.2) is 24.3 Å². The summed E-state index contributed by atoms with van der Waals surface area (Å²) in [7, 11) is 0. The number of carbonyl (C=O) groups excluding carboxylic acids is 2.